The number of carbonyl (C=O) groups is 1. The summed E-state index contributed by atoms with van der Waals surface area (Å²) >= 11 is 1.49. The van der Waals surface area contributed by atoms with Gasteiger partial charge in [0.25, 0.3) is 0 Å². The van der Waals surface area contributed by atoms with E-state index in [9.17, 15) is 9.90 Å². The van der Waals surface area contributed by atoms with E-state index in [4.69, 9.17) is 4.74 Å². The average molecular weight is 380 g/mol. The molecule has 0 aliphatic carbocycles. The number of aliphatic carboxylic acids is 1. The number of nitrogens with zero attached hydrogens (tertiary/aromatic N) is 1. The van der Waals surface area contributed by atoms with Gasteiger partial charge in [0, 0.05) is 7.05 Å². The molecule has 6 heteroatoms. The van der Waals surface area contributed by atoms with Crippen molar-refractivity contribution in [2.45, 2.75) is 12.3 Å². The van der Waals surface area contributed by atoms with Crippen molar-refractivity contribution in [1.82, 2.24) is 4.37 Å². The molecule has 0 radical (unpaired) electrons. The van der Waals surface area contributed by atoms with Crippen molar-refractivity contribution in [3.05, 3.63) is 59.8 Å². The van der Waals surface area contributed by atoms with E-state index >= 15 is 0 Å². The molecule has 1 fully saturated rings. The Morgan fingerprint density at radius 1 is 1.07 bits per heavy atom. The van der Waals surface area contributed by atoms with Crippen LogP contribution >= 0.6 is 11.5 Å². The number of nitrogens with one attached hydrogen (secondary N) is 1. The van der Waals surface area contributed by atoms with Crippen LogP contribution in [-0.2, 0) is 14.9 Å². The number of aromatic nitrogens is 1. The van der Waals surface area contributed by atoms with E-state index in [1.54, 1.807) is 0 Å². The van der Waals surface area contributed by atoms with Crippen LogP contribution in [0.25, 0.3) is 21.6 Å². The minimum Gasteiger partial charge on any atom is -0.480 e. The highest BCUT2D eigenvalue weighted by atomic mass is 32.1. The summed E-state index contributed by atoms with van der Waals surface area (Å²) in [7, 11) is 1.91. The summed E-state index contributed by atoms with van der Waals surface area (Å²) in [6.07, 6.45) is 0. The van der Waals surface area contributed by atoms with Gasteiger partial charge in [-0.25, -0.2) is 0 Å². The number of rotatable bonds is 5. The first-order valence-electron chi connectivity index (χ1n) is 8.72. The van der Waals surface area contributed by atoms with Crippen molar-refractivity contribution in [3.8, 4) is 21.6 Å². The van der Waals surface area contributed by atoms with Crippen molar-refractivity contribution < 1.29 is 14.6 Å². The Morgan fingerprint density at radius 3 is 2.11 bits per heavy atom. The fraction of sp³-hybridized carbons (Fsp3) is 0.238. The molecule has 2 N–H and O–H groups in total. The molecular weight excluding hydrogens is 360 g/mol. The molecule has 0 spiro atoms. The van der Waals surface area contributed by atoms with Crippen LogP contribution in [0.15, 0.2) is 48.5 Å². The molecule has 0 atom stereocenters. The van der Waals surface area contributed by atoms with Gasteiger partial charge < -0.3 is 15.2 Å². The Hall–Kier alpha value is -2.70. The number of benzene rings is 2. The van der Waals surface area contributed by atoms with Gasteiger partial charge in [0.05, 0.1) is 29.5 Å². The minimum atomic E-state index is -0.893. The lowest BCUT2D eigenvalue weighted by molar-refractivity contribution is -0.163. The first-order valence-corrected chi connectivity index (χ1v) is 9.49. The monoisotopic (exact) mass is 380 g/mol. The maximum atomic E-state index is 11.6. The molecule has 1 saturated heterocycles. The molecule has 27 heavy (non-hydrogen) atoms. The van der Waals surface area contributed by atoms with Gasteiger partial charge in [-0.2, -0.15) is 4.37 Å². The normalized spacial score (nSPS) is 15.2. The third-order valence-electron chi connectivity index (χ3n) is 5.14. The first kappa shape index (κ1) is 17.7. The molecule has 5 nitrogen and oxygen atoms in total. The second-order valence-corrected chi connectivity index (χ2v) is 7.53. The van der Waals surface area contributed by atoms with E-state index in [0.717, 1.165) is 38.5 Å². The van der Waals surface area contributed by atoms with Gasteiger partial charge >= 0.3 is 5.97 Å². The van der Waals surface area contributed by atoms with Crippen LogP contribution in [0.3, 0.4) is 0 Å². The summed E-state index contributed by atoms with van der Waals surface area (Å²) in [5, 5.41) is 12.7. The molecule has 2 aromatic carbocycles. The fourth-order valence-corrected chi connectivity index (χ4v) is 4.28. The average Bonchev–Trinajstić information content (AvgIpc) is 3.02. The Balaban J connectivity index is 1.60. The molecule has 4 rings (SSSR count). The number of hydrogen-bond donors (Lipinski definition) is 2. The van der Waals surface area contributed by atoms with Crippen LogP contribution in [0, 0.1) is 6.92 Å². The van der Waals surface area contributed by atoms with E-state index in [0.29, 0.717) is 0 Å². The van der Waals surface area contributed by atoms with Crippen molar-refractivity contribution in [2.75, 3.05) is 25.6 Å². The third-order valence-corrected chi connectivity index (χ3v) is 6.12. The summed E-state index contributed by atoms with van der Waals surface area (Å²) in [5.74, 6) is -0.828. The highest BCUT2D eigenvalue weighted by molar-refractivity contribution is 7.10. The van der Waals surface area contributed by atoms with Crippen molar-refractivity contribution in [1.29, 1.82) is 0 Å². The Morgan fingerprint density at radius 2 is 1.63 bits per heavy atom. The van der Waals surface area contributed by atoms with Crippen molar-refractivity contribution in [3.63, 3.8) is 0 Å². The lowest BCUT2D eigenvalue weighted by Gasteiger charge is -2.37. The maximum absolute atomic E-state index is 11.6. The lowest BCUT2D eigenvalue weighted by atomic mass is 9.78. The topological polar surface area (TPSA) is 71.5 Å². The highest BCUT2D eigenvalue weighted by Crippen LogP contribution is 2.36. The summed E-state index contributed by atoms with van der Waals surface area (Å²) < 4.78 is 9.58. The van der Waals surface area contributed by atoms with Gasteiger partial charge in [-0.05, 0) is 40.7 Å². The van der Waals surface area contributed by atoms with Crippen LogP contribution in [0.4, 0.5) is 5.69 Å². The Kier molecular flexibility index (Phi) is 4.45. The maximum Gasteiger partial charge on any atom is 0.318 e. The molecule has 0 saturated carbocycles. The van der Waals surface area contributed by atoms with E-state index in [1.165, 1.54) is 11.5 Å². The predicted molar refractivity (Wildman–Crippen MR) is 107 cm³/mol. The Labute approximate surface area is 161 Å². The van der Waals surface area contributed by atoms with Gasteiger partial charge in [-0.3, -0.25) is 4.79 Å². The zero-order chi connectivity index (χ0) is 19.0. The second-order valence-electron chi connectivity index (χ2n) is 6.76. The quantitative estimate of drug-likeness (QED) is 0.695. The summed E-state index contributed by atoms with van der Waals surface area (Å²) in [5.41, 5.74) is 5.24. The molecule has 2 heterocycles. The molecule has 1 aromatic heterocycles. The minimum absolute atomic E-state index is 0.235. The molecule has 0 bridgehead atoms. The predicted octanol–water partition coefficient (Wildman–Crippen LogP) is 4.18. The smallest absolute Gasteiger partial charge is 0.318 e. The van der Waals surface area contributed by atoms with Crippen molar-refractivity contribution >= 4 is 23.2 Å². The highest BCUT2D eigenvalue weighted by Gasteiger charge is 2.47. The number of ether oxygens (including phenoxy) is 1. The molecule has 3 aromatic rings. The largest absolute Gasteiger partial charge is 0.480 e. The lowest BCUT2D eigenvalue weighted by Crippen LogP contribution is -2.53. The van der Waals surface area contributed by atoms with Gasteiger partial charge in [-0.15, -0.1) is 0 Å². The molecule has 0 amide bonds. The standard InChI is InChI=1S/C21H20N2O3S/c1-13-18(22-2)19(27-23-13)16-5-3-14(4-6-16)15-7-9-17(10-8-15)21(20(24)25)11-26-12-21/h3-10,22H,11-12H2,1-2H3,(H,24,25). The van der Waals surface area contributed by atoms with Gasteiger partial charge in [0.1, 0.15) is 5.41 Å². The molecular formula is C21H20N2O3S. The third kappa shape index (κ3) is 2.91. The Bertz CT molecular complexity index is 974. The van der Waals surface area contributed by atoms with E-state index in [2.05, 4.69) is 34.0 Å². The zero-order valence-electron chi connectivity index (χ0n) is 15.2. The number of hydrogen-bond acceptors (Lipinski definition) is 5. The van der Waals surface area contributed by atoms with Crippen LogP contribution in [0.5, 0.6) is 0 Å². The number of carboxylic acid groups (broad SMARTS) is 1. The van der Waals surface area contributed by atoms with Crippen LogP contribution in [-0.4, -0.2) is 35.7 Å². The number of aryl methyl sites for hydroxylation is 1. The summed E-state index contributed by atoms with van der Waals surface area (Å²) in [4.78, 5) is 12.7. The number of carboxylic acids is 1. The first-order chi connectivity index (χ1) is 13.0. The molecule has 1 aliphatic heterocycles. The molecule has 138 valence electrons. The van der Waals surface area contributed by atoms with Crippen molar-refractivity contribution in [2.24, 2.45) is 0 Å². The van der Waals surface area contributed by atoms with Gasteiger partial charge in [-0.1, -0.05) is 48.5 Å². The zero-order valence-corrected chi connectivity index (χ0v) is 16.0. The van der Waals surface area contributed by atoms with Gasteiger partial charge in [0.15, 0.2) is 0 Å². The number of anilines is 1. The van der Waals surface area contributed by atoms with Crippen LogP contribution in [0.1, 0.15) is 11.3 Å². The fourth-order valence-electron chi connectivity index (χ4n) is 3.38. The van der Waals surface area contributed by atoms with Gasteiger partial charge in [0.2, 0.25) is 0 Å². The van der Waals surface area contributed by atoms with Crippen LogP contribution in [0.2, 0.25) is 0 Å². The van der Waals surface area contributed by atoms with E-state index in [-0.39, 0.29) is 13.2 Å². The molecule has 0 unspecified atom stereocenters. The van der Waals surface area contributed by atoms with Crippen LogP contribution < -0.4 is 5.32 Å². The molecule has 1 aliphatic rings. The SMILES string of the molecule is CNc1c(C)nsc1-c1ccc(-c2ccc(C3(C(=O)O)COC3)cc2)cc1. The summed E-state index contributed by atoms with van der Waals surface area (Å²) in [6.45, 7) is 2.47. The summed E-state index contributed by atoms with van der Waals surface area (Å²) in [6, 6.07) is 16.1. The second kappa shape index (κ2) is 6.79. The van der Waals surface area contributed by atoms with E-state index in [1.807, 2.05) is 38.2 Å². The van der Waals surface area contributed by atoms with E-state index < -0.39 is 11.4 Å².